The molecular formula is C21H22F3NO5. The molecule has 0 spiro atoms. The summed E-state index contributed by atoms with van der Waals surface area (Å²) in [5, 5.41) is 8.58. The van der Waals surface area contributed by atoms with Gasteiger partial charge in [0.2, 0.25) is 0 Å². The molecule has 6 nitrogen and oxygen atoms in total. The molecule has 0 atom stereocenters. The predicted molar refractivity (Wildman–Crippen MR) is 103 cm³/mol. The molecular weight excluding hydrogens is 403 g/mol. The molecule has 0 saturated carbocycles. The topological polar surface area (TPSA) is 68.2 Å². The quantitative estimate of drug-likeness (QED) is 0.683. The second kappa shape index (κ2) is 9.71. The van der Waals surface area contributed by atoms with Crippen LogP contribution in [0.5, 0.6) is 11.5 Å². The molecule has 30 heavy (non-hydrogen) atoms. The lowest BCUT2D eigenvalue weighted by Crippen LogP contribution is -2.38. The molecule has 1 aliphatic rings. The number of aliphatic carboxylic acids is 1. The molecule has 0 radical (unpaired) electrons. The van der Waals surface area contributed by atoms with Crippen LogP contribution >= 0.6 is 0 Å². The van der Waals surface area contributed by atoms with E-state index >= 15 is 0 Å². The van der Waals surface area contributed by atoms with Gasteiger partial charge in [0.15, 0.2) is 0 Å². The standard InChI is InChI=1S/C21H22F3NO5/c22-21(23,24)30-19-7-5-17(6-8-19)29-18-9-11-25(12-10-18)16-3-1-15(2-4-16)13-28-14-20(26)27/h1-8,18H,9-14H2,(H,26,27). The van der Waals surface area contributed by atoms with E-state index in [-0.39, 0.29) is 25.1 Å². The van der Waals surface area contributed by atoms with E-state index in [0.29, 0.717) is 5.75 Å². The molecule has 0 unspecified atom stereocenters. The maximum absolute atomic E-state index is 12.2. The minimum Gasteiger partial charge on any atom is -0.490 e. The van der Waals surface area contributed by atoms with Crippen molar-refractivity contribution in [1.82, 2.24) is 0 Å². The van der Waals surface area contributed by atoms with Crippen molar-refractivity contribution in [1.29, 1.82) is 0 Å². The van der Waals surface area contributed by atoms with E-state index in [9.17, 15) is 18.0 Å². The molecule has 1 N–H and O–H groups in total. The summed E-state index contributed by atoms with van der Waals surface area (Å²) < 4.78 is 51.4. The molecule has 2 aromatic carbocycles. The average molecular weight is 425 g/mol. The SMILES string of the molecule is O=C(O)COCc1ccc(N2CCC(Oc3ccc(OC(F)(F)F)cc3)CC2)cc1. The van der Waals surface area contributed by atoms with Crippen molar-refractivity contribution < 1.29 is 37.3 Å². The van der Waals surface area contributed by atoms with Crippen molar-refractivity contribution in [2.75, 3.05) is 24.6 Å². The molecule has 0 bridgehead atoms. The summed E-state index contributed by atoms with van der Waals surface area (Å²) in [5.74, 6) is -0.766. The van der Waals surface area contributed by atoms with E-state index in [4.69, 9.17) is 14.6 Å². The first kappa shape index (κ1) is 21.8. The zero-order valence-corrected chi connectivity index (χ0v) is 16.1. The Bertz CT molecular complexity index is 816. The number of carbonyl (C=O) groups is 1. The van der Waals surface area contributed by atoms with E-state index in [1.165, 1.54) is 24.3 Å². The van der Waals surface area contributed by atoms with Gasteiger partial charge in [0.25, 0.3) is 0 Å². The Morgan fingerprint density at radius 3 is 2.17 bits per heavy atom. The highest BCUT2D eigenvalue weighted by Crippen LogP contribution is 2.27. The molecule has 0 aliphatic carbocycles. The van der Waals surface area contributed by atoms with E-state index in [1.54, 1.807) is 0 Å². The molecule has 1 heterocycles. The van der Waals surface area contributed by atoms with Crippen LogP contribution in [0.1, 0.15) is 18.4 Å². The number of hydrogen-bond acceptors (Lipinski definition) is 5. The second-order valence-electron chi connectivity index (χ2n) is 6.88. The zero-order chi connectivity index (χ0) is 21.6. The number of nitrogens with zero attached hydrogens (tertiary/aromatic N) is 1. The minimum absolute atomic E-state index is 0.0145. The first-order chi connectivity index (χ1) is 14.3. The molecule has 0 amide bonds. The van der Waals surface area contributed by atoms with E-state index in [2.05, 4.69) is 9.64 Å². The highest BCUT2D eigenvalue weighted by molar-refractivity contribution is 5.68. The van der Waals surface area contributed by atoms with Gasteiger partial charge in [-0.3, -0.25) is 0 Å². The molecule has 1 fully saturated rings. The van der Waals surface area contributed by atoms with Crippen molar-refractivity contribution in [2.24, 2.45) is 0 Å². The Balaban J connectivity index is 1.45. The lowest BCUT2D eigenvalue weighted by atomic mass is 10.1. The number of benzene rings is 2. The Kier molecular flexibility index (Phi) is 7.04. The van der Waals surface area contributed by atoms with Gasteiger partial charge in [0.05, 0.1) is 6.61 Å². The third-order valence-corrected chi connectivity index (χ3v) is 4.60. The molecule has 1 aliphatic heterocycles. The highest BCUT2D eigenvalue weighted by Gasteiger charge is 2.31. The summed E-state index contributed by atoms with van der Waals surface area (Å²) in [4.78, 5) is 12.7. The van der Waals surface area contributed by atoms with Crippen LogP contribution in [-0.4, -0.2) is 43.2 Å². The van der Waals surface area contributed by atoms with Crippen LogP contribution in [0.3, 0.4) is 0 Å². The smallest absolute Gasteiger partial charge is 0.490 e. The van der Waals surface area contributed by atoms with Gasteiger partial charge in [-0.25, -0.2) is 4.79 Å². The van der Waals surface area contributed by atoms with Gasteiger partial charge in [-0.2, -0.15) is 0 Å². The lowest BCUT2D eigenvalue weighted by Gasteiger charge is -2.33. The van der Waals surface area contributed by atoms with Crippen molar-refractivity contribution in [2.45, 2.75) is 31.9 Å². The number of halogens is 3. The number of anilines is 1. The first-order valence-electron chi connectivity index (χ1n) is 9.44. The van der Waals surface area contributed by atoms with E-state index < -0.39 is 12.3 Å². The summed E-state index contributed by atoms with van der Waals surface area (Å²) in [6, 6.07) is 13.2. The van der Waals surface area contributed by atoms with Crippen LogP contribution in [0, 0.1) is 0 Å². The van der Waals surface area contributed by atoms with E-state index in [0.717, 1.165) is 37.2 Å². The van der Waals surface area contributed by atoms with Gasteiger partial charge in [0, 0.05) is 31.6 Å². The zero-order valence-electron chi connectivity index (χ0n) is 16.1. The summed E-state index contributed by atoms with van der Waals surface area (Å²) in [6.45, 7) is 1.49. The minimum atomic E-state index is -4.71. The van der Waals surface area contributed by atoms with Crippen LogP contribution in [0.2, 0.25) is 0 Å². The van der Waals surface area contributed by atoms with E-state index in [1.807, 2.05) is 24.3 Å². The van der Waals surface area contributed by atoms with Gasteiger partial charge >= 0.3 is 12.3 Å². The molecule has 1 saturated heterocycles. The van der Waals surface area contributed by atoms with Crippen molar-refractivity contribution >= 4 is 11.7 Å². The van der Waals surface area contributed by atoms with Crippen LogP contribution < -0.4 is 14.4 Å². The molecule has 0 aromatic heterocycles. The number of alkyl halides is 3. The van der Waals surface area contributed by atoms with Crippen LogP contribution in [0.15, 0.2) is 48.5 Å². The molecule has 162 valence electrons. The van der Waals surface area contributed by atoms with Crippen molar-refractivity contribution in [3.05, 3.63) is 54.1 Å². The van der Waals surface area contributed by atoms with Gasteiger partial charge in [-0.15, -0.1) is 13.2 Å². The van der Waals surface area contributed by atoms with Crippen molar-refractivity contribution in [3.8, 4) is 11.5 Å². The fourth-order valence-electron chi connectivity index (χ4n) is 3.20. The van der Waals surface area contributed by atoms with Crippen molar-refractivity contribution in [3.63, 3.8) is 0 Å². The number of ether oxygens (including phenoxy) is 3. The highest BCUT2D eigenvalue weighted by atomic mass is 19.4. The second-order valence-corrected chi connectivity index (χ2v) is 6.88. The lowest BCUT2D eigenvalue weighted by molar-refractivity contribution is -0.274. The van der Waals surface area contributed by atoms with Crippen LogP contribution in [0.25, 0.3) is 0 Å². The van der Waals surface area contributed by atoms with Gasteiger partial charge < -0.3 is 24.2 Å². The number of rotatable bonds is 8. The maximum Gasteiger partial charge on any atom is 0.573 e. The largest absolute Gasteiger partial charge is 0.573 e. The third kappa shape index (κ3) is 6.84. The summed E-state index contributed by atoms with van der Waals surface area (Å²) in [5.41, 5.74) is 1.96. The summed E-state index contributed by atoms with van der Waals surface area (Å²) in [6.07, 6.45) is -3.16. The van der Waals surface area contributed by atoms with Gasteiger partial charge in [-0.05, 0) is 42.0 Å². The summed E-state index contributed by atoms with van der Waals surface area (Å²) in [7, 11) is 0. The maximum atomic E-state index is 12.2. The first-order valence-corrected chi connectivity index (χ1v) is 9.44. The van der Waals surface area contributed by atoms with Gasteiger partial charge in [0.1, 0.15) is 24.2 Å². The molecule has 2 aromatic rings. The number of piperidine rings is 1. The third-order valence-electron chi connectivity index (χ3n) is 4.60. The fraction of sp³-hybridized carbons (Fsp3) is 0.381. The monoisotopic (exact) mass is 425 g/mol. The van der Waals surface area contributed by atoms with Gasteiger partial charge in [-0.1, -0.05) is 12.1 Å². The number of carboxylic acid groups (broad SMARTS) is 1. The summed E-state index contributed by atoms with van der Waals surface area (Å²) >= 11 is 0. The fourth-order valence-corrected chi connectivity index (χ4v) is 3.20. The number of hydrogen-bond donors (Lipinski definition) is 1. The predicted octanol–water partition coefficient (Wildman–Crippen LogP) is 4.23. The van der Waals surface area contributed by atoms with Crippen LogP contribution in [0.4, 0.5) is 18.9 Å². The Morgan fingerprint density at radius 2 is 1.60 bits per heavy atom. The Hall–Kier alpha value is -2.94. The normalized spacial score (nSPS) is 15.1. The average Bonchev–Trinajstić information content (AvgIpc) is 2.69. The number of carboxylic acids is 1. The molecule has 3 rings (SSSR count). The Labute approximate surface area is 171 Å². The Morgan fingerprint density at radius 1 is 1.00 bits per heavy atom. The molecule has 9 heteroatoms. The van der Waals surface area contributed by atoms with Crippen LogP contribution in [-0.2, 0) is 16.1 Å².